The second-order valence-electron chi connectivity index (χ2n) is 5.80. The summed E-state index contributed by atoms with van der Waals surface area (Å²) in [7, 11) is 0. The lowest BCUT2D eigenvalue weighted by Crippen LogP contribution is -2.65. The van der Waals surface area contributed by atoms with Gasteiger partial charge in [0.1, 0.15) is 0 Å². The molecule has 4 aliphatic carbocycles. The van der Waals surface area contributed by atoms with Crippen LogP contribution in [0.15, 0.2) is 0 Å². The first-order valence-electron chi connectivity index (χ1n) is 6.45. The van der Waals surface area contributed by atoms with Crippen LogP contribution in [0.4, 0.5) is 0 Å². The zero-order valence-corrected chi connectivity index (χ0v) is 10.2. The lowest BCUT2D eigenvalue weighted by atomic mass is 9.50. The molecule has 4 saturated carbocycles. The maximum Gasteiger partial charge on any atom is 0.224 e. The molecule has 4 heteroatoms. The molecule has 4 bridgehead atoms. The molecule has 2 unspecified atom stereocenters. The highest BCUT2D eigenvalue weighted by atomic mass is 16.6. The van der Waals surface area contributed by atoms with Crippen LogP contribution >= 0.6 is 0 Å². The summed E-state index contributed by atoms with van der Waals surface area (Å²) in [6.07, 6.45) is 5.44. The number of nitrogens with zero attached hydrogens (tertiary/aromatic N) is 1. The van der Waals surface area contributed by atoms with E-state index in [4.69, 9.17) is 5.73 Å². The van der Waals surface area contributed by atoms with Gasteiger partial charge < -0.3 is 5.73 Å². The number of rotatable bonds is 1. The maximum atomic E-state index is 11.1. The molecular formula is C12H22N2O2. The predicted octanol–water partition coefficient (Wildman–Crippen LogP) is 2.34. The third-order valence-electron chi connectivity index (χ3n) is 4.46. The highest BCUT2D eigenvalue weighted by Gasteiger charge is 2.62. The molecule has 0 aliphatic heterocycles. The second-order valence-corrected chi connectivity index (χ2v) is 5.80. The summed E-state index contributed by atoms with van der Waals surface area (Å²) < 4.78 is 0. The topological polar surface area (TPSA) is 69.2 Å². The summed E-state index contributed by atoms with van der Waals surface area (Å²) >= 11 is 0. The van der Waals surface area contributed by atoms with Gasteiger partial charge in [0, 0.05) is 29.7 Å². The third kappa shape index (κ3) is 1.63. The highest BCUT2D eigenvalue weighted by Crippen LogP contribution is 2.57. The van der Waals surface area contributed by atoms with Crippen molar-refractivity contribution >= 4 is 0 Å². The Balaban J connectivity index is 0.000000457. The van der Waals surface area contributed by atoms with Gasteiger partial charge in [-0.3, -0.25) is 10.1 Å². The fraction of sp³-hybridized carbons (Fsp3) is 1.00. The monoisotopic (exact) mass is 226 g/mol. The van der Waals surface area contributed by atoms with Crippen LogP contribution in [0.1, 0.15) is 52.4 Å². The summed E-state index contributed by atoms with van der Waals surface area (Å²) in [4.78, 5) is 11.1. The molecule has 0 saturated heterocycles. The maximum absolute atomic E-state index is 11.1. The second kappa shape index (κ2) is 3.69. The molecule has 0 spiro atoms. The summed E-state index contributed by atoms with van der Waals surface area (Å²) in [5.74, 6) is 1.07. The van der Waals surface area contributed by atoms with Gasteiger partial charge in [-0.1, -0.05) is 13.8 Å². The summed E-state index contributed by atoms with van der Waals surface area (Å²) in [6, 6.07) is 0. The van der Waals surface area contributed by atoms with E-state index in [1.807, 2.05) is 13.8 Å². The van der Waals surface area contributed by atoms with Crippen LogP contribution in [0.2, 0.25) is 0 Å². The van der Waals surface area contributed by atoms with Crippen molar-refractivity contribution in [2.75, 3.05) is 0 Å². The Kier molecular flexibility index (Phi) is 2.73. The Bertz CT molecular complexity index is 289. The zero-order valence-electron chi connectivity index (χ0n) is 10.2. The van der Waals surface area contributed by atoms with Gasteiger partial charge in [0.05, 0.1) is 0 Å². The molecule has 0 amide bonds. The van der Waals surface area contributed by atoms with Crippen LogP contribution in [0.5, 0.6) is 0 Å². The average Bonchev–Trinajstić information content (AvgIpc) is 2.16. The molecule has 4 aliphatic rings. The molecule has 16 heavy (non-hydrogen) atoms. The fourth-order valence-corrected chi connectivity index (χ4v) is 4.50. The minimum atomic E-state index is -0.640. The van der Waals surface area contributed by atoms with Crippen LogP contribution in [-0.4, -0.2) is 16.0 Å². The van der Waals surface area contributed by atoms with Gasteiger partial charge in [-0.05, 0) is 31.1 Å². The summed E-state index contributed by atoms with van der Waals surface area (Å²) in [5, 5.41) is 11.1. The van der Waals surface area contributed by atoms with E-state index < -0.39 is 5.54 Å². The Morgan fingerprint density at radius 2 is 1.69 bits per heavy atom. The first kappa shape index (κ1) is 11.8. The molecule has 4 nitrogen and oxygen atoms in total. The lowest BCUT2D eigenvalue weighted by molar-refractivity contribution is -0.589. The number of nitro groups is 1. The number of hydrogen-bond donors (Lipinski definition) is 1. The van der Waals surface area contributed by atoms with E-state index in [-0.39, 0.29) is 10.5 Å². The summed E-state index contributed by atoms with van der Waals surface area (Å²) in [5.41, 5.74) is 5.40. The van der Waals surface area contributed by atoms with E-state index in [2.05, 4.69) is 0 Å². The quantitative estimate of drug-likeness (QED) is 0.551. The molecule has 4 fully saturated rings. The van der Waals surface area contributed by atoms with Crippen LogP contribution in [0, 0.1) is 22.0 Å². The van der Waals surface area contributed by atoms with Crippen LogP contribution in [0.25, 0.3) is 0 Å². The molecule has 0 heterocycles. The van der Waals surface area contributed by atoms with E-state index in [1.54, 1.807) is 0 Å². The first-order valence-corrected chi connectivity index (χ1v) is 6.45. The van der Waals surface area contributed by atoms with Crippen LogP contribution < -0.4 is 5.73 Å². The highest BCUT2D eigenvalue weighted by molar-refractivity contribution is 5.11. The molecule has 0 aromatic rings. The van der Waals surface area contributed by atoms with Gasteiger partial charge in [-0.25, -0.2) is 0 Å². The number of nitrogens with two attached hydrogens (primary N) is 1. The molecular weight excluding hydrogens is 204 g/mol. The third-order valence-corrected chi connectivity index (χ3v) is 4.46. The zero-order chi connectivity index (χ0) is 12.0. The molecule has 92 valence electrons. The molecule has 2 atom stereocenters. The lowest BCUT2D eigenvalue weighted by Gasteiger charge is -2.56. The van der Waals surface area contributed by atoms with Crippen molar-refractivity contribution < 1.29 is 4.92 Å². The van der Waals surface area contributed by atoms with E-state index in [1.165, 1.54) is 6.42 Å². The SMILES string of the molecule is CC.NC12CC3CC(C1)CC([N+](=O)[O-])(C3)C2. The van der Waals surface area contributed by atoms with Gasteiger partial charge in [0.25, 0.3) is 0 Å². The van der Waals surface area contributed by atoms with Crippen molar-refractivity contribution in [3.05, 3.63) is 10.1 Å². The predicted molar refractivity (Wildman–Crippen MR) is 62.7 cm³/mol. The Hall–Kier alpha value is -0.640. The number of hydrogen-bond acceptors (Lipinski definition) is 3. The first-order chi connectivity index (χ1) is 7.51. The van der Waals surface area contributed by atoms with Crippen molar-refractivity contribution in [1.82, 2.24) is 0 Å². The van der Waals surface area contributed by atoms with Crippen molar-refractivity contribution in [1.29, 1.82) is 0 Å². The minimum absolute atomic E-state index is 0.0356. The van der Waals surface area contributed by atoms with E-state index in [9.17, 15) is 10.1 Å². The van der Waals surface area contributed by atoms with Crippen molar-refractivity contribution in [2.45, 2.75) is 63.5 Å². The molecule has 4 rings (SSSR count). The average molecular weight is 226 g/mol. The Labute approximate surface area is 96.7 Å². The van der Waals surface area contributed by atoms with Crippen molar-refractivity contribution in [2.24, 2.45) is 17.6 Å². The van der Waals surface area contributed by atoms with Gasteiger partial charge in [-0.15, -0.1) is 0 Å². The molecule has 2 N–H and O–H groups in total. The van der Waals surface area contributed by atoms with E-state index in [0.29, 0.717) is 18.3 Å². The van der Waals surface area contributed by atoms with Crippen molar-refractivity contribution in [3.63, 3.8) is 0 Å². The van der Waals surface area contributed by atoms with Gasteiger partial charge >= 0.3 is 0 Å². The Morgan fingerprint density at radius 3 is 2.06 bits per heavy atom. The van der Waals surface area contributed by atoms with Crippen molar-refractivity contribution in [3.8, 4) is 0 Å². The molecule has 0 radical (unpaired) electrons. The fourth-order valence-electron chi connectivity index (χ4n) is 4.50. The van der Waals surface area contributed by atoms with E-state index in [0.717, 1.165) is 25.7 Å². The van der Waals surface area contributed by atoms with E-state index >= 15 is 0 Å². The Morgan fingerprint density at radius 1 is 1.19 bits per heavy atom. The van der Waals surface area contributed by atoms with Crippen LogP contribution in [-0.2, 0) is 0 Å². The smallest absolute Gasteiger partial charge is 0.224 e. The standard InChI is InChI=1S/C10H16N2O2.C2H6/c11-9-2-7-1-8(3-9)5-10(4-7,6-9)12(13)14;1-2/h7-8H,1-6,11H2;1-2H3. The molecule has 0 aromatic heterocycles. The molecule has 0 aromatic carbocycles. The van der Waals surface area contributed by atoms with Gasteiger partial charge in [-0.2, -0.15) is 0 Å². The largest absolute Gasteiger partial charge is 0.325 e. The van der Waals surface area contributed by atoms with Gasteiger partial charge in [0.2, 0.25) is 5.54 Å². The summed E-state index contributed by atoms with van der Waals surface area (Å²) in [6.45, 7) is 4.00. The van der Waals surface area contributed by atoms with Gasteiger partial charge in [0.15, 0.2) is 0 Å². The minimum Gasteiger partial charge on any atom is -0.325 e. The van der Waals surface area contributed by atoms with Crippen LogP contribution in [0.3, 0.4) is 0 Å². The normalized spacial score (nSPS) is 48.4.